The molecule has 0 aliphatic carbocycles. The first-order valence-electron chi connectivity index (χ1n) is 8.72. The molecule has 1 aliphatic heterocycles. The Morgan fingerprint density at radius 3 is 3.00 bits per heavy atom. The average molecular weight is 372 g/mol. The Bertz CT molecular complexity index is 982. The van der Waals surface area contributed by atoms with Crippen LogP contribution >= 0.6 is 11.3 Å². The molecular formula is C19H22N3O3S+. The zero-order valence-corrected chi connectivity index (χ0v) is 15.7. The van der Waals surface area contributed by atoms with Crippen LogP contribution in [0, 0.1) is 0 Å². The van der Waals surface area contributed by atoms with Crippen LogP contribution in [0.5, 0.6) is 11.5 Å². The van der Waals surface area contributed by atoms with Gasteiger partial charge < -0.3 is 14.4 Å². The molecule has 2 atom stereocenters. The van der Waals surface area contributed by atoms with Gasteiger partial charge in [-0.25, -0.2) is 4.98 Å². The van der Waals surface area contributed by atoms with E-state index in [1.54, 1.807) is 30.9 Å². The maximum atomic E-state index is 12.3. The maximum Gasteiger partial charge on any atom is 0.258 e. The topological polar surface area (TPSA) is 57.3 Å². The number of ether oxygens (including phenoxy) is 2. The van der Waals surface area contributed by atoms with Gasteiger partial charge in [-0.05, 0) is 18.2 Å². The number of rotatable bonds is 5. The summed E-state index contributed by atoms with van der Waals surface area (Å²) in [7, 11) is 3.38. The fourth-order valence-electron chi connectivity index (χ4n) is 3.82. The number of hydrogen-bond donors (Lipinski definition) is 1. The Labute approximate surface area is 155 Å². The molecule has 1 fully saturated rings. The van der Waals surface area contributed by atoms with Crippen molar-refractivity contribution in [2.45, 2.75) is 25.4 Å². The second-order valence-corrected chi connectivity index (χ2v) is 7.40. The normalized spacial score (nSPS) is 19.8. The summed E-state index contributed by atoms with van der Waals surface area (Å²) in [6, 6.07) is 7.92. The quantitative estimate of drug-likeness (QED) is 0.741. The molecule has 1 aromatic carbocycles. The van der Waals surface area contributed by atoms with Crippen LogP contribution < -0.4 is 19.9 Å². The summed E-state index contributed by atoms with van der Waals surface area (Å²) in [5, 5.41) is 1.89. The SMILES string of the molecule is COc1ccc(OC)c([C@@H]2CCC[NH+]2Cc2cc(=O)n3ccsc3n2)c1. The molecule has 1 saturated heterocycles. The van der Waals surface area contributed by atoms with Gasteiger partial charge in [0.25, 0.3) is 5.56 Å². The van der Waals surface area contributed by atoms with Gasteiger partial charge in [-0.15, -0.1) is 11.3 Å². The van der Waals surface area contributed by atoms with E-state index in [0.717, 1.165) is 53.6 Å². The Kier molecular flexibility index (Phi) is 4.65. The van der Waals surface area contributed by atoms with E-state index >= 15 is 0 Å². The molecule has 4 rings (SSSR count). The first kappa shape index (κ1) is 17.1. The molecule has 1 aliphatic rings. The van der Waals surface area contributed by atoms with Crippen molar-refractivity contribution in [2.75, 3.05) is 20.8 Å². The lowest BCUT2D eigenvalue weighted by Crippen LogP contribution is -3.09. The minimum absolute atomic E-state index is 0.0136. The van der Waals surface area contributed by atoms with Crippen LogP contribution in [0.25, 0.3) is 4.96 Å². The van der Waals surface area contributed by atoms with Crippen molar-refractivity contribution in [1.82, 2.24) is 9.38 Å². The number of likely N-dealkylation sites (tertiary alicyclic amines) is 1. The van der Waals surface area contributed by atoms with Crippen molar-refractivity contribution in [3.8, 4) is 11.5 Å². The fraction of sp³-hybridized carbons (Fsp3) is 0.368. The highest BCUT2D eigenvalue weighted by Gasteiger charge is 2.33. The molecule has 7 heteroatoms. The number of quaternary nitrogens is 1. The van der Waals surface area contributed by atoms with Gasteiger partial charge in [-0.3, -0.25) is 9.20 Å². The van der Waals surface area contributed by atoms with E-state index in [1.807, 2.05) is 17.5 Å². The van der Waals surface area contributed by atoms with Crippen LogP contribution in [0.1, 0.15) is 30.1 Å². The van der Waals surface area contributed by atoms with E-state index in [-0.39, 0.29) is 5.56 Å². The highest BCUT2D eigenvalue weighted by atomic mass is 32.1. The third kappa shape index (κ3) is 3.08. The van der Waals surface area contributed by atoms with Gasteiger partial charge in [0.1, 0.15) is 29.8 Å². The van der Waals surface area contributed by atoms with Crippen LogP contribution in [0.15, 0.2) is 40.6 Å². The minimum Gasteiger partial charge on any atom is -0.497 e. The Balaban J connectivity index is 1.65. The zero-order chi connectivity index (χ0) is 18.1. The molecule has 3 aromatic rings. The highest BCUT2D eigenvalue weighted by molar-refractivity contribution is 7.15. The predicted molar refractivity (Wildman–Crippen MR) is 100 cm³/mol. The molecule has 6 nitrogen and oxygen atoms in total. The summed E-state index contributed by atoms with van der Waals surface area (Å²) in [5.41, 5.74) is 2.00. The van der Waals surface area contributed by atoms with E-state index in [2.05, 4.69) is 11.1 Å². The van der Waals surface area contributed by atoms with Crippen molar-refractivity contribution in [3.05, 3.63) is 57.5 Å². The summed E-state index contributed by atoms with van der Waals surface area (Å²) < 4.78 is 12.6. The molecule has 0 bridgehead atoms. The number of methoxy groups -OCH3 is 2. The number of nitrogens with zero attached hydrogens (tertiary/aromatic N) is 2. The maximum absolute atomic E-state index is 12.3. The van der Waals surface area contributed by atoms with Crippen LogP contribution in [0.3, 0.4) is 0 Å². The lowest BCUT2D eigenvalue weighted by atomic mass is 10.0. The summed E-state index contributed by atoms with van der Waals surface area (Å²) in [4.78, 5) is 19.1. The smallest absolute Gasteiger partial charge is 0.258 e. The first-order valence-corrected chi connectivity index (χ1v) is 9.60. The molecule has 2 aromatic heterocycles. The number of nitrogens with one attached hydrogen (secondary N) is 1. The Morgan fingerprint density at radius 1 is 1.31 bits per heavy atom. The molecule has 26 heavy (non-hydrogen) atoms. The molecule has 0 spiro atoms. The third-order valence-corrected chi connectivity index (χ3v) is 5.82. The monoisotopic (exact) mass is 372 g/mol. The number of hydrogen-bond acceptors (Lipinski definition) is 5. The second kappa shape index (κ2) is 7.09. The predicted octanol–water partition coefficient (Wildman–Crippen LogP) is 1.69. The van der Waals surface area contributed by atoms with Gasteiger partial charge in [0, 0.05) is 30.5 Å². The largest absolute Gasteiger partial charge is 0.497 e. The molecule has 1 N–H and O–H groups in total. The van der Waals surface area contributed by atoms with Crippen molar-refractivity contribution in [1.29, 1.82) is 0 Å². The van der Waals surface area contributed by atoms with Crippen LogP contribution in [-0.4, -0.2) is 30.1 Å². The number of fused-ring (bicyclic) bond motifs is 1. The van der Waals surface area contributed by atoms with E-state index in [9.17, 15) is 4.79 Å². The van der Waals surface area contributed by atoms with Crippen LogP contribution in [-0.2, 0) is 6.54 Å². The van der Waals surface area contributed by atoms with Gasteiger partial charge in [0.15, 0.2) is 4.96 Å². The first-order chi connectivity index (χ1) is 12.7. The summed E-state index contributed by atoms with van der Waals surface area (Å²) in [5.74, 6) is 1.72. The van der Waals surface area contributed by atoms with Gasteiger partial charge in [0.05, 0.1) is 26.3 Å². The molecule has 0 saturated carbocycles. The number of benzene rings is 1. The molecule has 0 radical (unpaired) electrons. The summed E-state index contributed by atoms with van der Waals surface area (Å²) in [6.45, 7) is 1.78. The van der Waals surface area contributed by atoms with E-state index < -0.39 is 0 Å². The third-order valence-electron chi connectivity index (χ3n) is 5.06. The summed E-state index contributed by atoms with van der Waals surface area (Å²) >= 11 is 1.49. The highest BCUT2D eigenvalue weighted by Crippen LogP contribution is 2.31. The van der Waals surface area contributed by atoms with Gasteiger partial charge in [0.2, 0.25) is 0 Å². The van der Waals surface area contributed by atoms with Crippen LogP contribution in [0.2, 0.25) is 0 Å². The fourth-order valence-corrected chi connectivity index (χ4v) is 4.56. The van der Waals surface area contributed by atoms with Crippen molar-refractivity contribution in [3.63, 3.8) is 0 Å². The molecule has 136 valence electrons. The zero-order valence-electron chi connectivity index (χ0n) is 14.9. The lowest BCUT2D eigenvalue weighted by molar-refractivity contribution is -0.932. The van der Waals surface area contributed by atoms with Crippen LogP contribution in [0.4, 0.5) is 0 Å². The van der Waals surface area contributed by atoms with Gasteiger partial charge in [-0.2, -0.15) is 0 Å². The van der Waals surface area contributed by atoms with E-state index in [1.165, 1.54) is 16.2 Å². The second-order valence-electron chi connectivity index (χ2n) is 6.53. The standard InChI is InChI=1S/C19H21N3O3S/c1-24-14-5-6-17(25-2)15(11-14)16-4-3-7-21(16)12-13-10-18(23)22-8-9-26-19(22)20-13/h5-6,8-11,16H,3-4,7,12H2,1-2H3/p+1/t16-/m0/s1. The molecular weight excluding hydrogens is 350 g/mol. The number of aromatic nitrogens is 2. The Morgan fingerprint density at radius 2 is 2.19 bits per heavy atom. The Hall–Kier alpha value is -2.38. The summed E-state index contributed by atoms with van der Waals surface area (Å²) in [6.07, 6.45) is 3.99. The van der Waals surface area contributed by atoms with Crippen molar-refractivity contribution < 1.29 is 14.4 Å². The minimum atomic E-state index is -0.0136. The van der Waals surface area contributed by atoms with Gasteiger partial charge in [-0.1, -0.05) is 0 Å². The average Bonchev–Trinajstić information content (AvgIpc) is 3.30. The van der Waals surface area contributed by atoms with Gasteiger partial charge >= 0.3 is 0 Å². The number of thiazole rings is 1. The lowest BCUT2D eigenvalue weighted by Gasteiger charge is -2.23. The van der Waals surface area contributed by atoms with E-state index in [0.29, 0.717) is 6.04 Å². The molecule has 1 unspecified atom stereocenters. The van der Waals surface area contributed by atoms with Crippen molar-refractivity contribution in [2.24, 2.45) is 0 Å². The molecule has 0 amide bonds. The van der Waals surface area contributed by atoms with E-state index in [4.69, 9.17) is 9.47 Å². The van der Waals surface area contributed by atoms with Crippen molar-refractivity contribution >= 4 is 16.3 Å². The molecule has 3 heterocycles.